The summed E-state index contributed by atoms with van der Waals surface area (Å²) in [5, 5.41) is 11.6. The van der Waals surface area contributed by atoms with Crippen LogP contribution in [-0.4, -0.2) is 17.2 Å². The Kier molecular flexibility index (Phi) is 2.56. The van der Waals surface area contributed by atoms with Gasteiger partial charge in [0.1, 0.15) is 5.75 Å². The number of fused-ring (bicyclic) bond motifs is 1. The Bertz CT molecular complexity index is 480. The fraction of sp³-hybridized carbons (Fsp3) is 0.250. The molecule has 0 saturated carbocycles. The van der Waals surface area contributed by atoms with Crippen molar-refractivity contribution in [1.82, 2.24) is 4.98 Å². The molecule has 78 valence electrons. The van der Waals surface area contributed by atoms with E-state index in [2.05, 4.69) is 4.98 Å². The summed E-state index contributed by atoms with van der Waals surface area (Å²) < 4.78 is 5.15. The highest BCUT2D eigenvalue weighted by atomic mass is 16.5. The number of hydrogen-bond acceptors (Lipinski definition) is 3. The van der Waals surface area contributed by atoms with Gasteiger partial charge < -0.3 is 9.84 Å². The van der Waals surface area contributed by atoms with Crippen molar-refractivity contribution < 1.29 is 9.84 Å². The molecule has 1 aromatic carbocycles. The highest BCUT2D eigenvalue weighted by molar-refractivity contribution is 5.86. The average Bonchev–Trinajstić information content (AvgIpc) is 2.27. The first-order chi connectivity index (χ1) is 7.22. The van der Waals surface area contributed by atoms with Crippen LogP contribution in [-0.2, 0) is 0 Å². The molecular weight excluding hydrogens is 190 g/mol. The molecule has 0 spiro atoms. The van der Waals surface area contributed by atoms with Gasteiger partial charge in [0, 0.05) is 11.6 Å². The van der Waals surface area contributed by atoms with Gasteiger partial charge in [-0.2, -0.15) is 0 Å². The molecule has 0 bridgehead atoms. The average molecular weight is 203 g/mol. The highest BCUT2D eigenvalue weighted by Crippen LogP contribution is 2.25. The van der Waals surface area contributed by atoms with Gasteiger partial charge in [-0.3, -0.25) is 4.98 Å². The zero-order valence-corrected chi connectivity index (χ0v) is 8.77. The molecule has 0 saturated heterocycles. The van der Waals surface area contributed by atoms with Gasteiger partial charge in [0.15, 0.2) is 0 Å². The minimum atomic E-state index is -0.569. The van der Waals surface area contributed by atoms with E-state index in [-0.39, 0.29) is 0 Å². The maximum Gasteiger partial charge on any atom is 0.119 e. The molecule has 0 amide bonds. The minimum Gasteiger partial charge on any atom is -0.497 e. The van der Waals surface area contributed by atoms with E-state index in [0.717, 1.165) is 16.5 Å². The monoisotopic (exact) mass is 203 g/mol. The van der Waals surface area contributed by atoms with E-state index in [9.17, 15) is 5.11 Å². The van der Waals surface area contributed by atoms with Crippen molar-refractivity contribution >= 4 is 10.8 Å². The zero-order chi connectivity index (χ0) is 10.8. The van der Waals surface area contributed by atoms with Crippen molar-refractivity contribution in [3.63, 3.8) is 0 Å². The molecule has 0 radical (unpaired) electrons. The van der Waals surface area contributed by atoms with Crippen molar-refractivity contribution in [2.45, 2.75) is 13.0 Å². The highest BCUT2D eigenvalue weighted by Gasteiger charge is 2.08. The molecule has 2 aromatic rings. The van der Waals surface area contributed by atoms with E-state index in [4.69, 9.17) is 4.74 Å². The maximum absolute atomic E-state index is 9.58. The standard InChI is InChI=1S/C12H13NO2/c1-8(14)12-11-7-10(15-2)4-3-9(11)5-6-13-12/h3-8,14H,1-2H3. The van der Waals surface area contributed by atoms with Crippen LogP contribution in [0.15, 0.2) is 30.5 Å². The molecule has 1 atom stereocenters. The topological polar surface area (TPSA) is 42.4 Å². The predicted octanol–water partition coefficient (Wildman–Crippen LogP) is 2.30. The van der Waals surface area contributed by atoms with Crippen LogP contribution in [0.1, 0.15) is 18.7 Å². The summed E-state index contributed by atoms with van der Waals surface area (Å²) in [6.07, 6.45) is 1.14. The summed E-state index contributed by atoms with van der Waals surface area (Å²) >= 11 is 0. The number of aliphatic hydroxyl groups is 1. The fourth-order valence-corrected chi connectivity index (χ4v) is 1.63. The Hall–Kier alpha value is -1.61. The molecule has 0 aliphatic carbocycles. The van der Waals surface area contributed by atoms with Crippen LogP contribution in [0.3, 0.4) is 0 Å². The lowest BCUT2D eigenvalue weighted by atomic mass is 10.1. The van der Waals surface area contributed by atoms with Crippen molar-refractivity contribution in [1.29, 1.82) is 0 Å². The summed E-state index contributed by atoms with van der Waals surface area (Å²) in [5.74, 6) is 0.775. The molecule has 1 N–H and O–H groups in total. The smallest absolute Gasteiger partial charge is 0.119 e. The SMILES string of the molecule is COc1ccc2ccnc(C(C)O)c2c1. The first kappa shape index (κ1) is 9.93. The van der Waals surface area contributed by atoms with Crippen molar-refractivity contribution in [2.75, 3.05) is 7.11 Å². The number of aromatic nitrogens is 1. The Morgan fingerprint density at radius 2 is 2.13 bits per heavy atom. The van der Waals surface area contributed by atoms with E-state index in [1.165, 1.54) is 0 Å². The fourth-order valence-electron chi connectivity index (χ4n) is 1.63. The third kappa shape index (κ3) is 1.78. The lowest BCUT2D eigenvalue weighted by Crippen LogP contribution is -1.96. The molecule has 0 aliphatic rings. The van der Waals surface area contributed by atoms with Crippen molar-refractivity contribution in [3.05, 3.63) is 36.2 Å². The number of ether oxygens (including phenoxy) is 1. The number of nitrogens with zero attached hydrogens (tertiary/aromatic N) is 1. The van der Waals surface area contributed by atoms with Crippen LogP contribution >= 0.6 is 0 Å². The summed E-state index contributed by atoms with van der Waals surface area (Å²) in [7, 11) is 1.62. The first-order valence-corrected chi connectivity index (χ1v) is 4.83. The Labute approximate surface area is 88.3 Å². The minimum absolute atomic E-state index is 0.569. The van der Waals surface area contributed by atoms with E-state index in [0.29, 0.717) is 5.69 Å². The van der Waals surface area contributed by atoms with Gasteiger partial charge in [-0.05, 0) is 30.5 Å². The third-order valence-corrected chi connectivity index (χ3v) is 2.40. The van der Waals surface area contributed by atoms with E-state index < -0.39 is 6.10 Å². The van der Waals surface area contributed by atoms with Gasteiger partial charge in [0.25, 0.3) is 0 Å². The molecule has 15 heavy (non-hydrogen) atoms. The second kappa shape index (κ2) is 3.87. The van der Waals surface area contributed by atoms with Crippen LogP contribution < -0.4 is 4.74 Å². The van der Waals surface area contributed by atoms with E-state index >= 15 is 0 Å². The van der Waals surface area contributed by atoms with E-state index in [1.807, 2.05) is 24.3 Å². The zero-order valence-electron chi connectivity index (χ0n) is 8.77. The van der Waals surface area contributed by atoms with Crippen LogP contribution in [0.25, 0.3) is 10.8 Å². The number of benzene rings is 1. The molecule has 1 unspecified atom stereocenters. The summed E-state index contributed by atoms with van der Waals surface area (Å²) in [5.41, 5.74) is 0.686. The first-order valence-electron chi connectivity index (χ1n) is 4.83. The molecule has 1 aromatic heterocycles. The lowest BCUT2D eigenvalue weighted by molar-refractivity contribution is 0.196. The van der Waals surface area contributed by atoms with Crippen LogP contribution in [0.2, 0.25) is 0 Å². The largest absolute Gasteiger partial charge is 0.497 e. The number of rotatable bonds is 2. The van der Waals surface area contributed by atoms with Crippen LogP contribution in [0.5, 0.6) is 5.75 Å². The second-order valence-electron chi connectivity index (χ2n) is 3.46. The summed E-state index contributed by atoms with van der Waals surface area (Å²) in [6.45, 7) is 1.71. The number of aliphatic hydroxyl groups excluding tert-OH is 1. The Balaban J connectivity index is 2.70. The number of hydrogen-bond donors (Lipinski definition) is 1. The predicted molar refractivity (Wildman–Crippen MR) is 58.9 cm³/mol. The lowest BCUT2D eigenvalue weighted by Gasteiger charge is -2.09. The van der Waals surface area contributed by atoms with Gasteiger partial charge in [0.2, 0.25) is 0 Å². The van der Waals surface area contributed by atoms with Gasteiger partial charge in [0.05, 0.1) is 18.9 Å². The number of pyridine rings is 1. The second-order valence-corrected chi connectivity index (χ2v) is 3.46. The molecule has 0 aliphatic heterocycles. The molecule has 2 rings (SSSR count). The van der Waals surface area contributed by atoms with Gasteiger partial charge >= 0.3 is 0 Å². The maximum atomic E-state index is 9.58. The molecule has 3 nitrogen and oxygen atoms in total. The third-order valence-electron chi connectivity index (χ3n) is 2.40. The van der Waals surface area contributed by atoms with Gasteiger partial charge in [-0.1, -0.05) is 6.07 Å². The number of methoxy groups -OCH3 is 1. The molecule has 1 heterocycles. The van der Waals surface area contributed by atoms with E-state index in [1.54, 1.807) is 20.2 Å². The molecular formula is C12H13NO2. The van der Waals surface area contributed by atoms with Crippen LogP contribution in [0, 0.1) is 0 Å². The Morgan fingerprint density at radius 3 is 2.80 bits per heavy atom. The normalized spacial score (nSPS) is 12.7. The van der Waals surface area contributed by atoms with Gasteiger partial charge in [-0.25, -0.2) is 0 Å². The molecule has 3 heteroatoms. The van der Waals surface area contributed by atoms with Crippen LogP contribution in [0.4, 0.5) is 0 Å². The van der Waals surface area contributed by atoms with Gasteiger partial charge in [-0.15, -0.1) is 0 Å². The quantitative estimate of drug-likeness (QED) is 0.814. The summed E-state index contributed by atoms with van der Waals surface area (Å²) in [4.78, 5) is 4.18. The molecule has 0 fully saturated rings. The Morgan fingerprint density at radius 1 is 1.33 bits per heavy atom. The summed E-state index contributed by atoms with van der Waals surface area (Å²) in [6, 6.07) is 7.67. The van der Waals surface area contributed by atoms with Crippen molar-refractivity contribution in [2.24, 2.45) is 0 Å². The van der Waals surface area contributed by atoms with Crippen molar-refractivity contribution in [3.8, 4) is 5.75 Å².